The van der Waals surface area contributed by atoms with Crippen LogP contribution in [0.3, 0.4) is 0 Å². The van der Waals surface area contributed by atoms with Gasteiger partial charge < -0.3 is 40.3 Å². The lowest BCUT2D eigenvalue weighted by atomic mass is 9.98. The molecule has 6 amide bonds. The largest absolute Gasteiger partial charge is 0.495 e. The molecule has 0 spiro atoms. The average Bonchev–Trinajstić information content (AvgIpc) is 3.11. The number of piperidine rings is 3. The molecule has 12 heteroatoms. The maximum Gasteiger partial charge on any atom is 0.322 e. The number of carbonyl (C=O) groups is 4. The highest BCUT2D eigenvalue weighted by Gasteiger charge is 2.36. The first-order valence-electron chi connectivity index (χ1n) is 17.1. The first-order valence-corrected chi connectivity index (χ1v) is 17.1. The molecular weight excluding hydrogens is 598 g/mol. The Morgan fingerprint density at radius 3 is 2.26 bits per heavy atom. The van der Waals surface area contributed by atoms with Crippen molar-refractivity contribution in [3.8, 4) is 5.75 Å². The van der Waals surface area contributed by atoms with Gasteiger partial charge in [0.1, 0.15) is 11.8 Å². The van der Waals surface area contributed by atoms with Gasteiger partial charge in [0.25, 0.3) is 0 Å². The second kappa shape index (κ2) is 15.1. The molecule has 3 N–H and O–H groups in total. The van der Waals surface area contributed by atoms with Crippen LogP contribution in [-0.2, 0) is 16.1 Å². The van der Waals surface area contributed by atoms with E-state index in [4.69, 9.17) is 4.74 Å². The van der Waals surface area contributed by atoms with Gasteiger partial charge in [0.05, 0.1) is 19.2 Å². The number of hydrogen-bond donors (Lipinski definition) is 3. The molecule has 4 aliphatic rings. The van der Waals surface area contributed by atoms with Gasteiger partial charge in [0.15, 0.2) is 0 Å². The molecule has 0 saturated carbocycles. The molecule has 0 unspecified atom stereocenters. The number of rotatable bonds is 8. The molecule has 0 aliphatic carbocycles. The maximum atomic E-state index is 13.9. The van der Waals surface area contributed by atoms with E-state index < -0.39 is 12.1 Å². The number of carbonyl (C=O) groups excluding carboxylic acids is 4. The summed E-state index contributed by atoms with van der Waals surface area (Å²) < 4.78 is 5.36. The summed E-state index contributed by atoms with van der Waals surface area (Å²) in [6.45, 7) is 4.94. The summed E-state index contributed by atoms with van der Waals surface area (Å²) in [6, 6.07) is 13.6. The predicted octanol–water partition coefficient (Wildman–Crippen LogP) is 4.09. The quantitative estimate of drug-likeness (QED) is 0.397. The minimum atomic E-state index is -1.01. The summed E-state index contributed by atoms with van der Waals surface area (Å²) in [5.41, 5.74) is 2.39. The number of benzene rings is 2. The van der Waals surface area contributed by atoms with E-state index in [1.807, 2.05) is 29.2 Å². The van der Waals surface area contributed by atoms with Gasteiger partial charge in [-0.15, -0.1) is 0 Å². The number of hydrogen-bond acceptors (Lipinski definition) is 6. The Hall–Kier alpha value is -4.32. The topological polar surface area (TPSA) is 127 Å². The van der Waals surface area contributed by atoms with Crippen LogP contribution in [-0.4, -0.2) is 108 Å². The summed E-state index contributed by atoms with van der Waals surface area (Å²) >= 11 is 0. The number of amides is 6. The zero-order valence-corrected chi connectivity index (χ0v) is 27.3. The minimum absolute atomic E-state index is 0.00999. The number of para-hydroxylation sites is 3. The summed E-state index contributed by atoms with van der Waals surface area (Å²) in [6.07, 6.45) is 6.68. The van der Waals surface area contributed by atoms with Crippen LogP contribution in [0.1, 0.15) is 56.9 Å². The van der Waals surface area contributed by atoms with Crippen LogP contribution in [0.25, 0.3) is 0 Å². The Morgan fingerprint density at radius 2 is 1.51 bits per heavy atom. The number of anilines is 2. The minimum Gasteiger partial charge on any atom is -0.495 e. The predicted molar refractivity (Wildman–Crippen MR) is 179 cm³/mol. The smallest absolute Gasteiger partial charge is 0.322 e. The number of methoxy groups -OCH3 is 1. The van der Waals surface area contributed by atoms with Gasteiger partial charge >= 0.3 is 12.1 Å². The number of ether oxygens (including phenoxy) is 1. The molecule has 4 aliphatic heterocycles. The highest BCUT2D eigenvalue weighted by Crippen LogP contribution is 2.28. The van der Waals surface area contributed by atoms with E-state index in [-0.39, 0.29) is 30.3 Å². The Kier molecular flexibility index (Phi) is 10.4. The van der Waals surface area contributed by atoms with Gasteiger partial charge in [-0.2, -0.15) is 0 Å². The van der Waals surface area contributed by atoms with Gasteiger partial charge in [-0.3, -0.25) is 9.59 Å². The monoisotopic (exact) mass is 645 g/mol. The van der Waals surface area contributed by atoms with Crippen LogP contribution >= 0.6 is 0 Å². The molecule has 2 aromatic carbocycles. The lowest BCUT2D eigenvalue weighted by Gasteiger charge is -2.41. The summed E-state index contributed by atoms with van der Waals surface area (Å²) in [7, 11) is 1.52. The van der Waals surface area contributed by atoms with E-state index in [0.29, 0.717) is 63.0 Å². The molecular formula is C35H47N7O5. The van der Waals surface area contributed by atoms with Crippen LogP contribution in [0.2, 0.25) is 0 Å². The molecule has 2 aromatic rings. The first kappa shape index (κ1) is 32.6. The number of nitrogens with zero attached hydrogens (tertiary/aromatic N) is 4. The number of fused-ring (bicyclic) bond motifs is 1. The number of urea groups is 2. The zero-order valence-electron chi connectivity index (χ0n) is 27.3. The van der Waals surface area contributed by atoms with E-state index in [0.717, 1.165) is 37.2 Å². The molecule has 252 valence electrons. The summed E-state index contributed by atoms with van der Waals surface area (Å²) in [5, 5.41) is 8.59. The molecule has 4 heterocycles. The number of nitrogens with one attached hydrogen (secondary N) is 3. The van der Waals surface area contributed by atoms with Crippen molar-refractivity contribution >= 4 is 35.3 Å². The van der Waals surface area contributed by atoms with Crippen LogP contribution in [0.4, 0.5) is 21.0 Å². The van der Waals surface area contributed by atoms with Crippen molar-refractivity contribution in [3.63, 3.8) is 0 Å². The Balaban J connectivity index is 1.08. The van der Waals surface area contributed by atoms with Crippen LogP contribution in [0.5, 0.6) is 5.75 Å². The standard InChI is InChI=1S/C35H47N7O5/c1-47-31-12-6-5-11-29(31)36-34(45)37-30(33(44)41-21-13-26(14-22-41)39-17-7-2-8-18-39)23-32(43)40-19-15-27(16-20-40)42-24-25-9-3-4-10-28(25)38-35(42)46/h3-6,9-12,26-27,30H,2,7-8,13-24H2,1H3,(H,38,46)(H2,36,37,45)/t30-/m0/s1. The van der Waals surface area contributed by atoms with Gasteiger partial charge in [0, 0.05) is 50.5 Å². The van der Waals surface area contributed by atoms with Crippen LogP contribution < -0.4 is 20.7 Å². The Morgan fingerprint density at radius 1 is 0.851 bits per heavy atom. The molecule has 0 aromatic heterocycles. The zero-order chi connectivity index (χ0) is 32.8. The Bertz CT molecular complexity index is 1430. The highest BCUT2D eigenvalue weighted by molar-refractivity contribution is 5.97. The van der Waals surface area contributed by atoms with Gasteiger partial charge in [-0.05, 0) is 75.4 Å². The highest BCUT2D eigenvalue weighted by atomic mass is 16.5. The van der Waals surface area contributed by atoms with Gasteiger partial charge in [-0.25, -0.2) is 9.59 Å². The third-order valence-electron chi connectivity index (χ3n) is 10.1. The molecule has 12 nitrogen and oxygen atoms in total. The molecule has 1 atom stereocenters. The average molecular weight is 646 g/mol. The van der Waals surface area contributed by atoms with Crippen molar-refractivity contribution in [2.75, 3.05) is 57.0 Å². The van der Waals surface area contributed by atoms with Crippen molar-refractivity contribution in [2.45, 2.75) is 76.0 Å². The SMILES string of the molecule is COc1ccccc1NC(=O)N[C@@H](CC(=O)N1CCC(N2Cc3ccccc3NC2=O)CC1)C(=O)N1CCC(N2CCCCC2)CC1. The molecule has 47 heavy (non-hydrogen) atoms. The van der Waals surface area contributed by atoms with Crippen molar-refractivity contribution in [1.82, 2.24) is 24.9 Å². The van der Waals surface area contributed by atoms with Crippen molar-refractivity contribution < 1.29 is 23.9 Å². The van der Waals surface area contributed by atoms with E-state index in [9.17, 15) is 19.2 Å². The van der Waals surface area contributed by atoms with E-state index in [2.05, 4.69) is 20.9 Å². The summed E-state index contributed by atoms with van der Waals surface area (Å²) in [4.78, 5) is 61.6. The second-order valence-electron chi connectivity index (χ2n) is 13.0. The molecule has 6 rings (SSSR count). The van der Waals surface area contributed by atoms with Crippen LogP contribution in [0.15, 0.2) is 48.5 Å². The molecule has 0 bridgehead atoms. The first-order chi connectivity index (χ1) is 22.9. The van der Waals surface area contributed by atoms with Gasteiger partial charge in [0.2, 0.25) is 11.8 Å². The van der Waals surface area contributed by atoms with E-state index >= 15 is 0 Å². The van der Waals surface area contributed by atoms with Crippen LogP contribution in [0, 0.1) is 0 Å². The van der Waals surface area contributed by atoms with E-state index in [1.165, 1.54) is 26.4 Å². The third kappa shape index (κ3) is 7.81. The fourth-order valence-electron chi connectivity index (χ4n) is 7.47. The van der Waals surface area contributed by atoms with Gasteiger partial charge in [-0.1, -0.05) is 36.8 Å². The maximum absolute atomic E-state index is 13.9. The van der Waals surface area contributed by atoms with Crippen molar-refractivity contribution in [3.05, 3.63) is 54.1 Å². The normalized spacial score (nSPS) is 20.2. The lowest BCUT2D eigenvalue weighted by molar-refractivity contribution is -0.140. The second-order valence-corrected chi connectivity index (χ2v) is 13.0. The lowest BCUT2D eigenvalue weighted by Crippen LogP contribution is -2.56. The fraction of sp³-hybridized carbons (Fsp3) is 0.543. The summed E-state index contributed by atoms with van der Waals surface area (Å²) in [5.74, 6) is 0.0790. The van der Waals surface area contributed by atoms with Crippen molar-refractivity contribution in [2.24, 2.45) is 0 Å². The fourth-order valence-corrected chi connectivity index (χ4v) is 7.47. The molecule has 3 fully saturated rings. The number of likely N-dealkylation sites (tertiary alicyclic amines) is 3. The molecule has 0 radical (unpaired) electrons. The Labute approximate surface area is 276 Å². The van der Waals surface area contributed by atoms with E-state index in [1.54, 1.807) is 34.1 Å². The van der Waals surface area contributed by atoms with Crippen molar-refractivity contribution in [1.29, 1.82) is 0 Å². The molecule has 3 saturated heterocycles. The third-order valence-corrected chi connectivity index (χ3v) is 10.1.